The number of hydrogen-bond donors (Lipinski definition) is 1. The van der Waals surface area contributed by atoms with Crippen LogP contribution < -0.4 is 5.14 Å². The van der Waals surface area contributed by atoms with Gasteiger partial charge in [-0.2, -0.15) is 0 Å². The van der Waals surface area contributed by atoms with Crippen LogP contribution in [-0.4, -0.2) is 23.9 Å². The molecule has 0 saturated carbocycles. The van der Waals surface area contributed by atoms with Gasteiger partial charge in [-0.3, -0.25) is 5.14 Å². The number of nitrogens with two attached hydrogens (primary N) is 1. The minimum atomic E-state index is -1.69. The topological polar surface area (TPSA) is 52.3 Å². The lowest BCUT2D eigenvalue weighted by Crippen LogP contribution is -2.40. The minimum Gasteiger partial charge on any atom is -0.413 e. The molecule has 0 amide bonds. The van der Waals surface area contributed by atoms with Gasteiger partial charge in [-0.25, -0.2) is 4.21 Å². The lowest BCUT2D eigenvalue weighted by atomic mass is 10.2. The van der Waals surface area contributed by atoms with Gasteiger partial charge in [0.05, 0.1) is 22.3 Å². The SMILES string of the molecule is CC(C)(C=CCO[Si](C)(C)C(C)(C)C)S(N)=O. The average molecular weight is 278 g/mol. The second-order valence-corrected chi connectivity index (χ2v) is 12.8. The van der Waals surface area contributed by atoms with Gasteiger partial charge < -0.3 is 4.43 Å². The molecule has 0 radical (unpaired) electrons. The Bertz CT molecular complexity index is 306. The van der Waals surface area contributed by atoms with Gasteiger partial charge in [0, 0.05) is 0 Å². The van der Waals surface area contributed by atoms with Crippen molar-refractivity contribution in [3.63, 3.8) is 0 Å². The average Bonchev–Trinajstić information content (AvgIpc) is 2.10. The van der Waals surface area contributed by atoms with Crippen molar-refractivity contribution >= 4 is 19.3 Å². The highest BCUT2D eigenvalue weighted by Gasteiger charge is 2.36. The molecule has 0 fully saturated rings. The number of rotatable bonds is 5. The largest absolute Gasteiger partial charge is 0.413 e. The van der Waals surface area contributed by atoms with Gasteiger partial charge in [-0.05, 0) is 32.0 Å². The van der Waals surface area contributed by atoms with E-state index in [0.29, 0.717) is 6.61 Å². The summed E-state index contributed by atoms with van der Waals surface area (Å²) in [6.45, 7) is 15.3. The van der Waals surface area contributed by atoms with Crippen LogP contribution in [-0.2, 0) is 15.4 Å². The Labute approximate surface area is 110 Å². The minimum absolute atomic E-state index is 0.215. The maximum Gasteiger partial charge on any atom is 0.192 e. The molecule has 0 spiro atoms. The molecule has 1 atom stereocenters. The molecule has 3 nitrogen and oxygen atoms in total. The van der Waals surface area contributed by atoms with Gasteiger partial charge in [0.2, 0.25) is 0 Å². The van der Waals surface area contributed by atoms with E-state index >= 15 is 0 Å². The third kappa shape index (κ3) is 5.46. The van der Waals surface area contributed by atoms with E-state index in [2.05, 4.69) is 33.9 Å². The summed E-state index contributed by atoms with van der Waals surface area (Å²) in [5.41, 5.74) is 0. The van der Waals surface area contributed by atoms with Gasteiger partial charge in [0.1, 0.15) is 0 Å². The highest BCUT2D eigenvalue weighted by molar-refractivity contribution is 7.84. The van der Waals surface area contributed by atoms with Crippen LogP contribution in [0.3, 0.4) is 0 Å². The molecule has 2 N–H and O–H groups in total. The summed E-state index contributed by atoms with van der Waals surface area (Å²) >= 11 is 0. The van der Waals surface area contributed by atoms with Crippen LogP contribution in [0.5, 0.6) is 0 Å². The monoisotopic (exact) mass is 277 g/mol. The van der Waals surface area contributed by atoms with E-state index < -0.39 is 24.1 Å². The molecular formula is C12H27NO2SSi. The van der Waals surface area contributed by atoms with Crippen molar-refractivity contribution < 1.29 is 8.63 Å². The fourth-order valence-corrected chi connectivity index (χ4v) is 2.05. The first-order valence-electron chi connectivity index (χ1n) is 5.88. The van der Waals surface area contributed by atoms with Crippen LogP contribution in [0.15, 0.2) is 12.2 Å². The Hall–Kier alpha value is 0.0269. The summed E-state index contributed by atoms with van der Waals surface area (Å²) in [5.74, 6) is 0. The molecule has 0 aliphatic carbocycles. The zero-order chi connectivity index (χ0) is 13.9. The maximum absolute atomic E-state index is 11.2. The number of hydrogen-bond acceptors (Lipinski definition) is 2. The van der Waals surface area contributed by atoms with E-state index in [0.717, 1.165) is 0 Å². The second kappa shape index (κ2) is 5.78. The van der Waals surface area contributed by atoms with Crippen LogP contribution in [0.2, 0.25) is 18.1 Å². The van der Waals surface area contributed by atoms with E-state index in [9.17, 15) is 4.21 Å². The van der Waals surface area contributed by atoms with E-state index in [4.69, 9.17) is 9.56 Å². The van der Waals surface area contributed by atoms with Gasteiger partial charge in [-0.15, -0.1) is 0 Å². The Morgan fingerprint density at radius 1 is 1.24 bits per heavy atom. The smallest absolute Gasteiger partial charge is 0.192 e. The molecule has 17 heavy (non-hydrogen) atoms. The van der Waals surface area contributed by atoms with Crippen LogP contribution >= 0.6 is 0 Å². The standard InChI is InChI=1S/C12H27NO2SSi/c1-11(2,3)17(6,7)15-10-8-9-12(4,5)16(13)14/h8-9H,10,13H2,1-7H3. The van der Waals surface area contributed by atoms with Crippen LogP contribution in [0.25, 0.3) is 0 Å². The first kappa shape index (κ1) is 17.0. The zero-order valence-electron chi connectivity index (χ0n) is 12.2. The second-order valence-electron chi connectivity index (χ2n) is 6.37. The summed E-state index contributed by atoms with van der Waals surface area (Å²) in [6, 6.07) is 0. The molecule has 0 aliphatic rings. The third-order valence-electron chi connectivity index (χ3n) is 3.38. The summed E-state index contributed by atoms with van der Waals surface area (Å²) in [4.78, 5) is 0. The van der Waals surface area contributed by atoms with Gasteiger partial charge in [0.25, 0.3) is 0 Å². The first-order chi connectivity index (χ1) is 7.40. The molecule has 0 aliphatic heterocycles. The van der Waals surface area contributed by atoms with Crippen LogP contribution in [0, 0.1) is 0 Å². The van der Waals surface area contributed by atoms with Crippen molar-refractivity contribution in [3.05, 3.63) is 12.2 Å². The van der Waals surface area contributed by atoms with Crippen molar-refractivity contribution in [1.29, 1.82) is 0 Å². The van der Waals surface area contributed by atoms with E-state index in [1.54, 1.807) is 0 Å². The summed E-state index contributed by atoms with van der Waals surface area (Å²) in [7, 11) is -3.04. The quantitative estimate of drug-likeness (QED) is 0.620. The molecular weight excluding hydrogens is 250 g/mol. The third-order valence-corrected chi connectivity index (χ3v) is 9.06. The van der Waals surface area contributed by atoms with Crippen molar-refractivity contribution in [2.75, 3.05) is 6.61 Å². The predicted molar refractivity (Wildman–Crippen MR) is 78.7 cm³/mol. The molecule has 102 valence electrons. The molecule has 0 rings (SSSR count). The molecule has 0 aromatic rings. The van der Waals surface area contributed by atoms with Crippen molar-refractivity contribution in [2.24, 2.45) is 5.14 Å². The van der Waals surface area contributed by atoms with Crippen molar-refractivity contribution in [3.8, 4) is 0 Å². The normalized spacial score (nSPS) is 16.5. The molecule has 0 saturated heterocycles. The fraction of sp³-hybridized carbons (Fsp3) is 0.833. The Morgan fingerprint density at radius 2 is 1.71 bits per heavy atom. The molecule has 0 heterocycles. The van der Waals surface area contributed by atoms with E-state index in [1.165, 1.54) is 0 Å². The molecule has 5 heteroatoms. The Balaban J connectivity index is 4.35. The Kier molecular flexibility index (Phi) is 5.79. The van der Waals surface area contributed by atoms with Crippen molar-refractivity contribution in [1.82, 2.24) is 0 Å². The molecule has 0 aromatic carbocycles. The van der Waals surface area contributed by atoms with Crippen LogP contribution in [0.1, 0.15) is 34.6 Å². The van der Waals surface area contributed by atoms with Gasteiger partial charge >= 0.3 is 0 Å². The fourth-order valence-electron chi connectivity index (χ4n) is 0.872. The summed E-state index contributed by atoms with van der Waals surface area (Å²) < 4.78 is 16.7. The predicted octanol–water partition coefficient (Wildman–Crippen LogP) is 2.97. The zero-order valence-corrected chi connectivity index (χ0v) is 14.0. The van der Waals surface area contributed by atoms with Crippen molar-refractivity contribution in [2.45, 2.75) is 57.5 Å². The van der Waals surface area contributed by atoms with Crippen LogP contribution in [0.4, 0.5) is 0 Å². The molecule has 0 bridgehead atoms. The highest BCUT2D eigenvalue weighted by atomic mass is 32.2. The first-order valence-corrected chi connectivity index (χ1v) is 10.0. The lowest BCUT2D eigenvalue weighted by Gasteiger charge is -2.35. The van der Waals surface area contributed by atoms with E-state index in [-0.39, 0.29) is 5.04 Å². The maximum atomic E-state index is 11.2. The highest BCUT2D eigenvalue weighted by Crippen LogP contribution is 2.36. The van der Waals surface area contributed by atoms with Gasteiger partial charge in [0.15, 0.2) is 8.32 Å². The Morgan fingerprint density at radius 3 is 2.06 bits per heavy atom. The van der Waals surface area contributed by atoms with E-state index in [1.807, 2.05) is 26.0 Å². The van der Waals surface area contributed by atoms with Gasteiger partial charge in [-0.1, -0.05) is 32.9 Å². The summed E-state index contributed by atoms with van der Waals surface area (Å²) in [6.07, 6.45) is 3.79. The lowest BCUT2D eigenvalue weighted by molar-refractivity contribution is 0.327. The summed E-state index contributed by atoms with van der Waals surface area (Å²) in [5, 5.41) is 5.61. The molecule has 1 unspecified atom stereocenters. The molecule has 0 aromatic heterocycles.